The van der Waals surface area contributed by atoms with Gasteiger partial charge in [-0.1, -0.05) is 39.0 Å². The van der Waals surface area contributed by atoms with Crippen LogP contribution in [0.5, 0.6) is 0 Å². The van der Waals surface area contributed by atoms with Gasteiger partial charge in [-0.15, -0.1) is 0 Å². The average Bonchev–Trinajstić information content (AvgIpc) is 2.53. The van der Waals surface area contributed by atoms with Crippen molar-refractivity contribution in [2.45, 2.75) is 33.0 Å². The number of fused-ring (bicyclic) bond motifs is 1. The maximum atomic E-state index is 11.7. The van der Waals surface area contributed by atoms with Crippen LogP contribution in [0.4, 0.5) is 0 Å². The molecule has 1 heterocycles. The third-order valence-electron chi connectivity index (χ3n) is 3.53. The number of ether oxygens (including phenoxy) is 1. The van der Waals surface area contributed by atoms with Gasteiger partial charge < -0.3 is 9.84 Å². The van der Waals surface area contributed by atoms with Gasteiger partial charge in [-0.25, -0.2) is 4.79 Å². The fraction of sp³-hybridized carbons (Fsp3) is 0.500. The Hall–Kier alpha value is -1.35. The molecular formula is C14H18O3. The standard InChI is InChI=1S/C14H18O3/c1-4-11(9(2)3)14(16)12-8-6-5-7-10(12)13(15)17-14/h5-9,11,16H,4H2,1-3H3. The van der Waals surface area contributed by atoms with Gasteiger partial charge in [0.25, 0.3) is 0 Å². The number of hydrogen-bond donors (Lipinski definition) is 1. The first-order chi connectivity index (χ1) is 8.00. The minimum absolute atomic E-state index is 0.0879. The van der Waals surface area contributed by atoms with Crippen LogP contribution in [-0.2, 0) is 10.5 Å². The quantitative estimate of drug-likeness (QED) is 0.818. The molecule has 1 N–H and O–H groups in total. The highest BCUT2D eigenvalue weighted by Gasteiger charge is 2.49. The fourth-order valence-corrected chi connectivity index (χ4v) is 2.70. The predicted octanol–water partition coefficient (Wildman–Crippen LogP) is 2.68. The lowest BCUT2D eigenvalue weighted by atomic mass is 9.81. The SMILES string of the molecule is CCC(C(C)C)C1(O)OC(=O)c2ccccc21. The van der Waals surface area contributed by atoms with Crippen LogP contribution in [-0.4, -0.2) is 11.1 Å². The van der Waals surface area contributed by atoms with Crippen LogP contribution in [0.25, 0.3) is 0 Å². The Bertz CT molecular complexity index is 439. The molecule has 0 saturated carbocycles. The molecule has 0 amide bonds. The molecular weight excluding hydrogens is 216 g/mol. The Kier molecular flexibility index (Phi) is 2.96. The second kappa shape index (κ2) is 4.15. The zero-order chi connectivity index (χ0) is 12.6. The van der Waals surface area contributed by atoms with Crippen LogP contribution >= 0.6 is 0 Å². The summed E-state index contributed by atoms with van der Waals surface area (Å²) in [5, 5.41) is 10.7. The Morgan fingerprint density at radius 2 is 2.00 bits per heavy atom. The van der Waals surface area contributed by atoms with Crippen LogP contribution in [0.2, 0.25) is 0 Å². The van der Waals surface area contributed by atoms with Crippen molar-refractivity contribution in [3.05, 3.63) is 35.4 Å². The Morgan fingerprint density at radius 3 is 2.59 bits per heavy atom. The first kappa shape index (κ1) is 12.1. The number of carbonyl (C=O) groups is 1. The molecule has 92 valence electrons. The van der Waals surface area contributed by atoms with E-state index in [0.717, 1.165) is 6.42 Å². The number of hydrogen-bond acceptors (Lipinski definition) is 3. The van der Waals surface area contributed by atoms with Crippen molar-refractivity contribution in [1.82, 2.24) is 0 Å². The zero-order valence-corrected chi connectivity index (χ0v) is 10.4. The molecule has 3 heteroatoms. The smallest absolute Gasteiger partial charge is 0.341 e. The molecule has 1 aromatic carbocycles. The van der Waals surface area contributed by atoms with Gasteiger partial charge in [0.2, 0.25) is 5.79 Å². The molecule has 1 aliphatic rings. The minimum atomic E-state index is -1.46. The summed E-state index contributed by atoms with van der Waals surface area (Å²) in [6.07, 6.45) is 0.760. The summed E-state index contributed by atoms with van der Waals surface area (Å²) in [5.74, 6) is -1.74. The maximum absolute atomic E-state index is 11.7. The molecule has 0 aromatic heterocycles. The van der Waals surface area contributed by atoms with E-state index in [1.54, 1.807) is 18.2 Å². The third-order valence-corrected chi connectivity index (χ3v) is 3.53. The summed E-state index contributed by atoms with van der Waals surface area (Å²) in [7, 11) is 0. The normalized spacial score (nSPS) is 24.6. The number of carbonyl (C=O) groups excluding carboxylic acids is 1. The zero-order valence-electron chi connectivity index (χ0n) is 10.4. The van der Waals surface area contributed by atoms with Crippen molar-refractivity contribution in [2.75, 3.05) is 0 Å². The van der Waals surface area contributed by atoms with Crippen molar-refractivity contribution in [1.29, 1.82) is 0 Å². The van der Waals surface area contributed by atoms with E-state index < -0.39 is 11.8 Å². The molecule has 2 unspecified atom stereocenters. The van der Waals surface area contributed by atoms with E-state index in [4.69, 9.17) is 4.74 Å². The first-order valence-corrected chi connectivity index (χ1v) is 6.06. The molecule has 2 atom stereocenters. The van der Waals surface area contributed by atoms with E-state index in [1.807, 2.05) is 26.8 Å². The molecule has 0 spiro atoms. The fourth-order valence-electron chi connectivity index (χ4n) is 2.70. The molecule has 0 bridgehead atoms. The molecule has 2 rings (SSSR count). The summed E-state index contributed by atoms with van der Waals surface area (Å²) in [6.45, 7) is 6.05. The van der Waals surface area contributed by atoms with E-state index >= 15 is 0 Å². The minimum Gasteiger partial charge on any atom is -0.425 e. The number of benzene rings is 1. The largest absolute Gasteiger partial charge is 0.425 e. The Balaban J connectivity index is 2.50. The summed E-state index contributed by atoms with van der Waals surface area (Å²) in [5.41, 5.74) is 1.08. The van der Waals surface area contributed by atoms with Gasteiger partial charge in [0.1, 0.15) is 0 Å². The van der Waals surface area contributed by atoms with Gasteiger partial charge in [0.15, 0.2) is 0 Å². The Labute approximate surface area is 101 Å². The lowest BCUT2D eigenvalue weighted by Gasteiger charge is -2.33. The molecule has 0 aliphatic carbocycles. The van der Waals surface area contributed by atoms with Crippen LogP contribution in [0.3, 0.4) is 0 Å². The summed E-state index contributed by atoms with van der Waals surface area (Å²) in [6, 6.07) is 7.06. The predicted molar refractivity (Wildman–Crippen MR) is 64.4 cm³/mol. The van der Waals surface area contributed by atoms with E-state index in [9.17, 15) is 9.90 Å². The summed E-state index contributed by atoms with van der Waals surface area (Å²) >= 11 is 0. The van der Waals surface area contributed by atoms with Crippen LogP contribution in [0.15, 0.2) is 24.3 Å². The molecule has 1 aromatic rings. The van der Waals surface area contributed by atoms with E-state index in [0.29, 0.717) is 11.1 Å². The molecule has 17 heavy (non-hydrogen) atoms. The number of cyclic esters (lactones) is 1. The number of aliphatic hydroxyl groups is 1. The van der Waals surface area contributed by atoms with Gasteiger partial charge in [-0.3, -0.25) is 0 Å². The topological polar surface area (TPSA) is 46.5 Å². The van der Waals surface area contributed by atoms with Gasteiger partial charge in [-0.2, -0.15) is 0 Å². The van der Waals surface area contributed by atoms with Crippen molar-refractivity contribution < 1.29 is 14.6 Å². The van der Waals surface area contributed by atoms with Crippen LogP contribution in [0.1, 0.15) is 43.1 Å². The lowest BCUT2D eigenvalue weighted by molar-refractivity contribution is -0.211. The first-order valence-electron chi connectivity index (χ1n) is 6.06. The van der Waals surface area contributed by atoms with Gasteiger partial charge in [-0.05, 0) is 18.4 Å². The van der Waals surface area contributed by atoms with E-state index in [2.05, 4.69) is 0 Å². The maximum Gasteiger partial charge on any atom is 0.341 e. The molecule has 0 saturated heterocycles. The van der Waals surface area contributed by atoms with Crippen LogP contribution in [0, 0.1) is 11.8 Å². The van der Waals surface area contributed by atoms with Gasteiger partial charge in [0, 0.05) is 11.5 Å². The van der Waals surface area contributed by atoms with Gasteiger partial charge in [0.05, 0.1) is 5.56 Å². The molecule has 0 fully saturated rings. The highest BCUT2D eigenvalue weighted by Crippen LogP contribution is 2.43. The van der Waals surface area contributed by atoms with Crippen molar-refractivity contribution in [3.8, 4) is 0 Å². The van der Waals surface area contributed by atoms with Crippen molar-refractivity contribution >= 4 is 5.97 Å². The monoisotopic (exact) mass is 234 g/mol. The highest BCUT2D eigenvalue weighted by molar-refractivity contribution is 5.94. The van der Waals surface area contributed by atoms with E-state index in [1.165, 1.54) is 0 Å². The lowest BCUT2D eigenvalue weighted by Crippen LogP contribution is -2.38. The Morgan fingerprint density at radius 1 is 1.35 bits per heavy atom. The number of esters is 1. The highest BCUT2D eigenvalue weighted by atomic mass is 16.7. The molecule has 1 aliphatic heterocycles. The third kappa shape index (κ3) is 1.75. The number of rotatable bonds is 3. The second-order valence-electron chi connectivity index (χ2n) is 4.89. The van der Waals surface area contributed by atoms with Crippen LogP contribution < -0.4 is 0 Å². The summed E-state index contributed by atoms with van der Waals surface area (Å²) in [4.78, 5) is 11.7. The summed E-state index contributed by atoms with van der Waals surface area (Å²) < 4.78 is 5.25. The second-order valence-corrected chi connectivity index (χ2v) is 4.89. The van der Waals surface area contributed by atoms with Crippen molar-refractivity contribution in [3.63, 3.8) is 0 Å². The van der Waals surface area contributed by atoms with E-state index in [-0.39, 0.29) is 11.8 Å². The molecule has 0 radical (unpaired) electrons. The van der Waals surface area contributed by atoms with Gasteiger partial charge >= 0.3 is 5.97 Å². The average molecular weight is 234 g/mol. The molecule has 3 nitrogen and oxygen atoms in total. The van der Waals surface area contributed by atoms with Crippen molar-refractivity contribution in [2.24, 2.45) is 11.8 Å².